The Morgan fingerprint density at radius 2 is 1.94 bits per heavy atom. The number of oxime groups is 1. The number of hydrogen-bond donors (Lipinski definition) is 0. The van der Waals surface area contributed by atoms with Gasteiger partial charge < -0.3 is 14.5 Å². The van der Waals surface area contributed by atoms with Gasteiger partial charge in [-0.3, -0.25) is 0 Å². The van der Waals surface area contributed by atoms with Gasteiger partial charge >= 0.3 is 0 Å². The lowest BCUT2D eigenvalue weighted by Gasteiger charge is -2.16. The van der Waals surface area contributed by atoms with Gasteiger partial charge in [-0.05, 0) is 24.6 Å². The Bertz CT molecular complexity index is 336. The summed E-state index contributed by atoms with van der Waals surface area (Å²) in [5, 5.41) is 3.86. The fourth-order valence-electron chi connectivity index (χ4n) is 1.27. The van der Waals surface area contributed by atoms with Crippen LogP contribution in [0.15, 0.2) is 29.4 Å². The molecule has 0 unspecified atom stereocenters. The zero-order valence-corrected chi connectivity index (χ0v) is 10.7. The number of rotatable bonds is 7. The summed E-state index contributed by atoms with van der Waals surface area (Å²) < 4.78 is 4.84. The van der Waals surface area contributed by atoms with E-state index in [1.807, 2.05) is 12.1 Å². The monoisotopic (exact) mass is 236 g/mol. The van der Waals surface area contributed by atoms with E-state index < -0.39 is 0 Å². The zero-order valence-electron chi connectivity index (χ0n) is 10.7. The molecule has 94 valence electrons. The molecule has 0 saturated carbocycles. The molecule has 0 fully saturated rings. The third-order valence-electron chi connectivity index (χ3n) is 2.46. The minimum atomic E-state index is 0.476. The fourth-order valence-corrected chi connectivity index (χ4v) is 1.27. The van der Waals surface area contributed by atoms with Gasteiger partial charge in [0, 0.05) is 26.4 Å². The average Bonchev–Trinajstić information content (AvgIpc) is 2.38. The minimum absolute atomic E-state index is 0.476. The van der Waals surface area contributed by atoms with Crippen molar-refractivity contribution in [3.63, 3.8) is 0 Å². The van der Waals surface area contributed by atoms with Gasteiger partial charge in [-0.15, -0.1) is 0 Å². The van der Waals surface area contributed by atoms with Crippen LogP contribution in [0.25, 0.3) is 0 Å². The molecule has 0 N–H and O–H groups in total. The molecule has 0 aliphatic carbocycles. The molecule has 0 spiro atoms. The Balaban J connectivity index is 2.45. The molecule has 0 radical (unpaired) electrons. The first-order valence-corrected chi connectivity index (χ1v) is 5.73. The van der Waals surface area contributed by atoms with Crippen molar-refractivity contribution in [1.82, 2.24) is 0 Å². The molecule has 0 amide bonds. The summed E-state index contributed by atoms with van der Waals surface area (Å²) in [4.78, 5) is 7.19. The van der Waals surface area contributed by atoms with Crippen molar-refractivity contribution in [3.05, 3.63) is 29.8 Å². The number of methoxy groups -OCH3 is 1. The first-order valence-electron chi connectivity index (χ1n) is 5.73. The predicted molar refractivity (Wildman–Crippen MR) is 70.8 cm³/mol. The van der Waals surface area contributed by atoms with Gasteiger partial charge in [0.25, 0.3) is 0 Å². The average molecular weight is 236 g/mol. The highest BCUT2D eigenvalue weighted by Gasteiger charge is 1.96. The van der Waals surface area contributed by atoms with E-state index in [1.165, 1.54) is 5.69 Å². The first kappa shape index (κ1) is 13.5. The maximum Gasteiger partial charge on any atom is 0.140 e. The number of hydrogen-bond acceptors (Lipinski definition) is 4. The second kappa shape index (κ2) is 7.68. The Morgan fingerprint density at radius 1 is 1.24 bits per heavy atom. The van der Waals surface area contributed by atoms with Crippen LogP contribution in [0.3, 0.4) is 0 Å². The molecule has 0 atom stereocenters. The van der Waals surface area contributed by atoms with E-state index in [2.05, 4.69) is 36.2 Å². The molecule has 0 aliphatic rings. The second-order valence-electron chi connectivity index (χ2n) is 3.67. The van der Waals surface area contributed by atoms with Crippen LogP contribution in [0.1, 0.15) is 12.5 Å². The molecule has 4 heteroatoms. The summed E-state index contributed by atoms with van der Waals surface area (Å²) in [6.07, 6.45) is 1.70. The Morgan fingerprint density at radius 3 is 2.53 bits per heavy atom. The smallest absolute Gasteiger partial charge is 0.140 e. The summed E-state index contributed by atoms with van der Waals surface area (Å²) in [5.74, 6) is 0. The summed E-state index contributed by atoms with van der Waals surface area (Å²) >= 11 is 0. The normalized spacial score (nSPS) is 10.8. The van der Waals surface area contributed by atoms with E-state index in [0.29, 0.717) is 13.2 Å². The maximum atomic E-state index is 5.01. The van der Waals surface area contributed by atoms with Crippen LogP contribution < -0.4 is 4.90 Å². The highest BCUT2D eigenvalue weighted by Crippen LogP contribution is 2.12. The number of anilines is 1. The Kier molecular flexibility index (Phi) is 6.10. The molecule has 0 aromatic heterocycles. The molecule has 0 heterocycles. The molecule has 4 nitrogen and oxygen atoms in total. The van der Waals surface area contributed by atoms with Crippen molar-refractivity contribution in [2.45, 2.75) is 6.92 Å². The quantitative estimate of drug-likeness (QED) is 0.413. The van der Waals surface area contributed by atoms with Crippen LogP contribution in [0.4, 0.5) is 5.69 Å². The Labute approximate surface area is 103 Å². The van der Waals surface area contributed by atoms with Gasteiger partial charge in [-0.1, -0.05) is 17.3 Å². The van der Waals surface area contributed by atoms with Gasteiger partial charge in [0.2, 0.25) is 0 Å². The van der Waals surface area contributed by atoms with Crippen LogP contribution in [0.2, 0.25) is 0 Å². The van der Waals surface area contributed by atoms with E-state index in [1.54, 1.807) is 13.3 Å². The molecule has 1 aromatic carbocycles. The van der Waals surface area contributed by atoms with E-state index >= 15 is 0 Å². The third kappa shape index (κ3) is 4.87. The predicted octanol–water partition coefficient (Wildman–Crippen LogP) is 2.14. The Hall–Kier alpha value is -1.55. The molecule has 0 saturated heterocycles. The lowest BCUT2D eigenvalue weighted by Crippen LogP contribution is -2.15. The van der Waals surface area contributed by atoms with Crippen molar-refractivity contribution < 1.29 is 9.57 Å². The minimum Gasteiger partial charge on any atom is -0.393 e. The van der Waals surface area contributed by atoms with Crippen LogP contribution in [-0.4, -0.2) is 40.1 Å². The van der Waals surface area contributed by atoms with E-state index in [0.717, 1.165) is 12.1 Å². The molecule has 1 rings (SSSR count). The van der Waals surface area contributed by atoms with Gasteiger partial charge in [0.1, 0.15) is 6.61 Å². The van der Waals surface area contributed by atoms with E-state index in [4.69, 9.17) is 9.57 Å². The van der Waals surface area contributed by atoms with E-state index in [-0.39, 0.29) is 0 Å². The summed E-state index contributed by atoms with van der Waals surface area (Å²) in [6.45, 7) is 4.15. The highest BCUT2D eigenvalue weighted by atomic mass is 16.6. The summed E-state index contributed by atoms with van der Waals surface area (Å²) in [5.41, 5.74) is 2.22. The summed E-state index contributed by atoms with van der Waals surface area (Å²) in [6, 6.07) is 8.18. The topological polar surface area (TPSA) is 34.1 Å². The third-order valence-corrected chi connectivity index (χ3v) is 2.46. The van der Waals surface area contributed by atoms with Gasteiger partial charge in [0.15, 0.2) is 0 Å². The van der Waals surface area contributed by atoms with Gasteiger partial charge in [-0.2, -0.15) is 0 Å². The maximum absolute atomic E-state index is 5.01. The van der Waals surface area contributed by atoms with Crippen molar-refractivity contribution in [2.75, 3.05) is 38.8 Å². The zero-order chi connectivity index (χ0) is 12.5. The van der Waals surface area contributed by atoms with Crippen LogP contribution in [-0.2, 0) is 9.57 Å². The van der Waals surface area contributed by atoms with Crippen molar-refractivity contribution in [1.29, 1.82) is 0 Å². The second-order valence-corrected chi connectivity index (χ2v) is 3.67. The lowest BCUT2D eigenvalue weighted by atomic mass is 10.2. The number of benzene rings is 1. The number of nitrogens with zero attached hydrogens (tertiary/aromatic N) is 2. The summed E-state index contributed by atoms with van der Waals surface area (Å²) in [7, 11) is 3.70. The molecule has 0 bridgehead atoms. The van der Waals surface area contributed by atoms with Crippen LogP contribution >= 0.6 is 0 Å². The largest absolute Gasteiger partial charge is 0.393 e. The van der Waals surface area contributed by atoms with Crippen LogP contribution in [0, 0.1) is 0 Å². The van der Waals surface area contributed by atoms with Crippen molar-refractivity contribution in [3.8, 4) is 0 Å². The van der Waals surface area contributed by atoms with Crippen LogP contribution in [0.5, 0.6) is 0 Å². The van der Waals surface area contributed by atoms with Crippen molar-refractivity contribution >= 4 is 11.9 Å². The van der Waals surface area contributed by atoms with Gasteiger partial charge in [0.05, 0.1) is 12.8 Å². The highest BCUT2D eigenvalue weighted by molar-refractivity contribution is 5.79. The molecule has 17 heavy (non-hydrogen) atoms. The van der Waals surface area contributed by atoms with Gasteiger partial charge in [-0.25, -0.2) is 0 Å². The molecular weight excluding hydrogens is 216 g/mol. The SMILES string of the molecule is CCN(C)c1ccc(/C=N\OCCOC)cc1. The fraction of sp³-hybridized carbons (Fsp3) is 0.462. The first-order chi connectivity index (χ1) is 8.27. The standard InChI is InChI=1S/C13H20N2O2/c1-4-15(2)13-7-5-12(6-8-13)11-14-17-10-9-16-3/h5-8,11H,4,9-10H2,1-3H3/b14-11-. The molecule has 1 aromatic rings. The molecular formula is C13H20N2O2. The lowest BCUT2D eigenvalue weighted by molar-refractivity contribution is 0.0760. The van der Waals surface area contributed by atoms with Crippen molar-refractivity contribution in [2.24, 2.45) is 5.16 Å². The number of ether oxygens (including phenoxy) is 1. The molecule has 0 aliphatic heterocycles. The van der Waals surface area contributed by atoms with E-state index in [9.17, 15) is 0 Å².